The lowest BCUT2D eigenvalue weighted by Gasteiger charge is -2.24. The van der Waals surface area contributed by atoms with Crippen LogP contribution in [0.4, 0.5) is 0 Å². The second kappa shape index (κ2) is 7.67. The highest BCUT2D eigenvalue weighted by molar-refractivity contribution is 7.87. The number of carbonyl (C=O) groups excluding carboxylic acids is 1. The lowest BCUT2D eigenvalue weighted by atomic mass is 9.92. The summed E-state index contributed by atoms with van der Waals surface area (Å²) in [6, 6.07) is 2.90. The molecule has 1 aromatic rings. The molecule has 1 amide bonds. The Kier molecular flexibility index (Phi) is 6.02. The number of amides is 1. The van der Waals surface area contributed by atoms with Crippen LogP contribution >= 0.6 is 0 Å². The molecule has 1 aliphatic heterocycles. The molecule has 0 spiro atoms. The summed E-state index contributed by atoms with van der Waals surface area (Å²) in [5, 5.41) is 0. The number of nitrogens with zero attached hydrogens (tertiary/aromatic N) is 3. The smallest absolute Gasteiger partial charge is 0.279 e. The lowest BCUT2D eigenvalue weighted by molar-refractivity contribution is 0.0782. The number of aromatic nitrogens is 1. The van der Waals surface area contributed by atoms with E-state index in [0.29, 0.717) is 24.5 Å². The van der Waals surface area contributed by atoms with Crippen molar-refractivity contribution in [3.8, 4) is 5.88 Å². The van der Waals surface area contributed by atoms with E-state index in [1.807, 2.05) is 13.8 Å². The van der Waals surface area contributed by atoms with E-state index in [1.165, 1.54) is 27.4 Å². The fourth-order valence-electron chi connectivity index (χ4n) is 2.93. The first-order chi connectivity index (χ1) is 11.7. The van der Waals surface area contributed by atoms with Crippen LogP contribution in [0.25, 0.3) is 0 Å². The van der Waals surface area contributed by atoms with Gasteiger partial charge in [-0.25, -0.2) is 4.98 Å². The number of pyridine rings is 1. The number of hydrogen-bond acceptors (Lipinski definition) is 5. The Bertz CT molecular complexity index is 721. The van der Waals surface area contributed by atoms with Gasteiger partial charge in [-0.3, -0.25) is 4.79 Å². The van der Waals surface area contributed by atoms with Gasteiger partial charge >= 0.3 is 0 Å². The second-order valence-corrected chi connectivity index (χ2v) is 8.63. The monoisotopic (exact) mass is 370 g/mol. The molecule has 0 unspecified atom stereocenters. The van der Waals surface area contributed by atoms with E-state index in [4.69, 9.17) is 4.74 Å². The van der Waals surface area contributed by atoms with Gasteiger partial charge in [-0.05, 0) is 17.9 Å². The molecule has 0 aliphatic carbocycles. The fourth-order valence-corrected chi connectivity index (χ4v) is 3.77. The lowest BCUT2D eigenvalue weighted by Crippen LogP contribution is -2.46. The minimum atomic E-state index is -3.56. The minimum absolute atomic E-state index is 0.0439. The molecule has 140 valence electrons. The van der Waals surface area contributed by atoms with Crippen LogP contribution in [-0.4, -0.2) is 68.9 Å². The molecule has 0 saturated carbocycles. The Morgan fingerprint density at radius 2 is 2.08 bits per heavy atom. The molecule has 1 aromatic heterocycles. The van der Waals surface area contributed by atoms with Crippen molar-refractivity contribution in [3.63, 3.8) is 0 Å². The van der Waals surface area contributed by atoms with Gasteiger partial charge in [0.2, 0.25) is 5.88 Å². The Morgan fingerprint density at radius 1 is 1.40 bits per heavy atom. The number of methoxy groups -OCH3 is 1. The van der Waals surface area contributed by atoms with Gasteiger partial charge in [0, 0.05) is 51.1 Å². The summed E-state index contributed by atoms with van der Waals surface area (Å²) in [7, 11) is 0.896. The van der Waals surface area contributed by atoms with Crippen molar-refractivity contribution in [2.24, 2.45) is 11.8 Å². The Hall–Kier alpha value is -1.71. The molecule has 0 aromatic carbocycles. The standard InChI is InChI=1S/C16H26N4O4S/c1-11(2)13-9-20(10-14(13)18-25(22,23)19(3)4)16(21)12-6-7-17-15(8-12)24-5/h6-8,11,13-14,18H,9-10H2,1-5H3/t13-,14+/m0/s1. The van der Waals surface area contributed by atoms with Crippen molar-refractivity contribution in [3.05, 3.63) is 23.9 Å². The average molecular weight is 370 g/mol. The van der Waals surface area contributed by atoms with Gasteiger partial charge in [0.25, 0.3) is 16.1 Å². The Balaban J connectivity index is 2.19. The summed E-state index contributed by atoms with van der Waals surface area (Å²) >= 11 is 0. The van der Waals surface area contributed by atoms with Gasteiger partial charge in [0.15, 0.2) is 0 Å². The van der Waals surface area contributed by atoms with E-state index in [1.54, 1.807) is 17.0 Å². The Labute approximate surface area is 149 Å². The normalized spacial score (nSPS) is 21.2. The van der Waals surface area contributed by atoms with Crippen molar-refractivity contribution < 1.29 is 17.9 Å². The third kappa shape index (κ3) is 4.47. The number of likely N-dealkylation sites (tertiary alicyclic amines) is 1. The van der Waals surface area contributed by atoms with E-state index in [-0.39, 0.29) is 23.8 Å². The van der Waals surface area contributed by atoms with E-state index in [9.17, 15) is 13.2 Å². The molecular formula is C16H26N4O4S. The van der Waals surface area contributed by atoms with Crippen LogP contribution in [0.3, 0.4) is 0 Å². The van der Waals surface area contributed by atoms with Gasteiger partial charge in [0.05, 0.1) is 7.11 Å². The average Bonchev–Trinajstić information content (AvgIpc) is 2.97. The predicted octanol–water partition coefficient (Wildman–Crippen LogP) is 0.583. The number of hydrogen-bond donors (Lipinski definition) is 1. The molecule has 8 nitrogen and oxygen atoms in total. The first-order valence-electron chi connectivity index (χ1n) is 8.14. The quantitative estimate of drug-likeness (QED) is 0.791. The highest BCUT2D eigenvalue weighted by Gasteiger charge is 2.39. The molecule has 0 bridgehead atoms. The third-order valence-electron chi connectivity index (χ3n) is 4.48. The number of carbonyl (C=O) groups is 1. The largest absolute Gasteiger partial charge is 0.481 e. The van der Waals surface area contributed by atoms with Crippen molar-refractivity contribution in [1.82, 2.24) is 18.9 Å². The fraction of sp³-hybridized carbons (Fsp3) is 0.625. The van der Waals surface area contributed by atoms with Crippen molar-refractivity contribution in [2.45, 2.75) is 19.9 Å². The van der Waals surface area contributed by atoms with Crippen LogP contribution in [0, 0.1) is 11.8 Å². The zero-order valence-corrected chi connectivity index (χ0v) is 16.1. The zero-order valence-electron chi connectivity index (χ0n) is 15.3. The van der Waals surface area contributed by atoms with Gasteiger partial charge < -0.3 is 9.64 Å². The SMILES string of the molecule is COc1cc(C(=O)N2C[C@@H](NS(=O)(=O)N(C)C)[C@H](C(C)C)C2)ccn1. The van der Waals surface area contributed by atoms with Crippen LogP contribution in [-0.2, 0) is 10.2 Å². The van der Waals surface area contributed by atoms with Crippen LogP contribution in [0.2, 0.25) is 0 Å². The molecule has 2 heterocycles. The molecule has 25 heavy (non-hydrogen) atoms. The summed E-state index contributed by atoms with van der Waals surface area (Å²) in [6.07, 6.45) is 1.52. The van der Waals surface area contributed by atoms with Crippen LogP contribution in [0.1, 0.15) is 24.2 Å². The number of ether oxygens (including phenoxy) is 1. The van der Waals surface area contributed by atoms with Crippen LogP contribution in [0.15, 0.2) is 18.3 Å². The van der Waals surface area contributed by atoms with Gasteiger partial charge in [-0.2, -0.15) is 17.4 Å². The molecular weight excluding hydrogens is 344 g/mol. The van der Waals surface area contributed by atoms with Gasteiger partial charge in [0.1, 0.15) is 0 Å². The molecule has 1 fully saturated rings. The maximum atomic E-state index is 12.8. The minimum Gasteiger partial charge on any atom is -0.481 e. The maximum absolute atomic E-state index is 12.8. The highest BCUT2D eigenvalue weighted by Crippen LogP contribution is 2.27. The van der Waals surface area contributed by atoms with Crippen LogP contribution in [0.5, 0.6) is 5.88 Å². The summed E-state index contributed by atoms with van der Waals surface area (Å²) in [5.41, 5.74) is 0.477. The molecule has 1 aliphatic rings. The molecule has 2 rings (SSSR count). The topological polar surface area (TPSA) is 91.8 Å². The molecule has 1 saturated heterocycles. The van der Waals surface area contributed by atoms with E-state index in [0.717, 1.165) is 4.31 Å². The van der Waals surface area contributed by atoms with Gasteiger partial charge in [-0.15, -0.1) is 0 Å². The van der Waals surface area contributed by atoms with Crippen molar-refractivity contribution in [2.75, 3.05) is 34.3 Å². The van der Waals surface area contributed by atoms with E-state index < -0.39 is 10.2 Å². The third-order valence-corrected chi connectivity index (χ3v) is 6.04. The van der Waals surface area contributed by atoms with Crippen molar-refractivity contribution in [1.29, 1.82) is 0 Å². The van der Waals surface area contributed by atoms with Crippen LogP contribution < -0.4 is 9.46 Å². The Morgan fingerprint density at radius 3 is 2.64 bits per heavy atom. The predicted molar refractivity (Wildman–Crippen MR) is 94.6 cm³/mol. The molecule has 1 N–H and O–H groups in total. The first-order valence-corrected chi connectivity index (χ1v) is 9.58. The summed E-state index contributed by atoms with van der Waals surface area (Å²) in [5.74, 6) is 0.496. The summed E-state index contributed by atoms with van der Waals surface area (Å²) in [4.78, 5) is 18.5. The molecule has 0 radical (unpaired) electrons. The van der Waals surface area contributed by atoms with Crippen molar-refractivity contribution >= 4 is 16.1 Å². The zero-order chi connectivity index (χ0) is 18.8. The summed E-state index contributed by atoms with van der Waals surface area (Å²) in [6.45, 7) is 4.90. The number of nitrogens with one attached hydrogen (secondary N) is 1. The molecule has 2 atom stereocenters. The van der Waals surface area contributed by atoms with Gasteiger partial charge in [-0.1, -0.05) is 13.8 Å². The van der Waals surface area contributed by atoms with E-state index in [2.05, 4.69) is 9.71 Å². The van der Waals surface area contributed by atoms with E-state index >= 15 is 0 Å². The number of rotatable bonds is 6. The maximum Gasteiger partial charge on any atom is 0.279 e. The second-order valence-electron chi connectivity index (χ2n) is 6.72. The first kappa shape index (κ1) is 19.6. The molecule has 9 heteroatoms. The highest BCUT2D eigenvalue weighted by atomic mass is 32.2. The summed E-state index contributed by atoms with van der Waals surface area (Å²) < 4.78 is 33.3.